The fourth-order valence-corrected chi connectivity index (χ4v) is 2.13. The predicted octanol–water partition coefficient (Wildman–Crippen LogP) is 3.35. The highest BCUT2D eigenvalue weighted by atomic mass is 35.5. The van der Waals surface area contributed by atoms with Crippen LogP contribution in [-0.4, -0.2) is 23.4 Å². The van der Waals surface area contributed by atoms with E-state index in [0.717, 1.165) is 5.56 Å². The van der Waals surface area contributed by atoms with Gasteiger partial charge in [0, 0.05) is 5.56 Å². The molecule has 1 atom stereocenters. The number of halogens is 4. The van der Waals surface area contributed by atoms with Crippen LogP contribution in [0.2, 0.25) is 0 Å². The van der Waals surface area contributed by atoms with Crippen LogP contribution in [0.3, 0.4) is 0 Å². The Morgan fingerprint density at radius 1 is 1.42 bits per heavy atom. The predicted molar refractivity (Wildman–Crippen MR) is 62.1 cm³/mol. The van der Waals surface area contributed by atoms with Gasteiger partial charge in [-0.15, -0.1) is 0 Å². The average Bonchev–Trinajstić information content (AvgIpc) is 2.27. The third-order valence-electron chi connectivity index (χ3n) is 2.64. The van der Waals surface area contributed by atoms with Gasteiger partial charge in [0.1, 0.15) is 11.3 Å². The first-order valence-corrected chi connectivity index (χ1v) is 5.57. The van der Waals surface area contributed by atoms with Crippen molar-refractivity contribution in [2.75, 3.05) is 0 Å². The minimum absolute atomic E-state index is 0.0806. The Bertz CT molecular complexity index is 578. The van der Waals surface area contributed by atoms with Gasteiger partial charge in [-0.2, -0.15) is 13.2 Å². The maximum absolute atomic E-state index is 12.8. The van der Waals surface area contributed by atoms with Crippen LogP contribution in [0.5, 0.6) is 5.75 Å². The number of aliphatic carboxylic acids is 1. The lowest BCUT2D eigenvalue weighted by Crippen LogP contribution is -2.41. The standard InChI is InChI=1S/C12H8ClF3O3/c1-5-2-3-7-6(4-5)9(13)8(11(17)18)10(19-7)12(14,15)16/h2-4,10H,1H3,(H,17,18). The number of aryl methyl sites for hydroxylation is 1. The number of carbonyl (C=O) groups is 1. The van der Waals surface area contributed by atoms with E-state index in [1.807, 2.05) is 0 Å². The third-order valence-corrected chi connectivity index (χ3v) is 3.05. The molecule has 2 rings (SSSR count). The number of ether oxygens (including phenoxy) is 1. The molecule has 0 spiro atoms. The summed E-state index contributed by atoms with van der Waals surface area (Å²) in [7, 11) is 0. The zero-order valence-electron chi connectivity index (χ0n) is 9.58. The molecule has 3 nitrogen and oxygen atoms in total. The molecule has 0 aromatic heterocycles. The van der Waals surface area contributed by atoms with Crippen molar-refractivity contribution in [2.45, 2.75) is 19.2 Å². The second-order valence-corrected chi connectivity index (χ2v) is 4.45. The Hall–Kier alpha value is -1.69. The monoisotopic (exact) mass is 292 g/mol. The number of hydrogen-bond donors (Lipinski definition) is 1. The molecule has 7 heteroatoms. The molecule has 0 aliphatic carbocycles. The van der Waals surface area contributed by atoms with E-state index in [1.54, 1.807) is 13.0 Å². The Morgan fingerprint density at radius 3 is 2.58 bits per heavy atom. The van der Waals surface area contributed by atoms with Crippen molar-refractivity contribution in [2.24, 2.45) is 0 Å². The molecule has 1 unspecified atom stereocenters. The highest BCUT2D eigenvalue weighted by Gasteiger charge is 2.50. The van der Waals surface area contributed by atoms with Gasteiger partial charge in [-0.1, -0.05) is 23.2 Å². The van der Waals surface area contributed by atoms with Crippen LogP contribution in [-0.2, 0) is 4.79 Å². The summed E-state index contributed by atoms with van der Waals surface area (Å²) in [6, 6.07) is 4.37. The fraction of sp³-hybridized carbons (Fsp3) is 0.250. The largest absolute Gasteiger partial charge is 0.478 e. The number of alkyl halides is 3. The molecule has 1 heterocycles. The topological polar surface area (TPSA) is 46.5 Å². The fourth-order valence-electron chi connectivity index (χ4n) is 1.80. The van der Waals surface area contributed by atoms with E-state index in [2.05, 4.69) is 0 Å². The number of fused-ring (bicyclic) bond motifs is 1. The second kappa shape index (κ2) is 4.45. The summed E-state index contributed by atoms with van der Waals surface area (Å²) in [5.74, 6) is -1.83. The Balaban J connectivity index is 2.66. The van der Waals surface area contributed by atoms with Crippen LogP contribution in [0.15, 0.2) is 23.8 Å². The molecule has 19 heavy (non-hydrogen) atoms. The maximum Gasteiger partial charge on any atom is 0.430 e. The van der Waals surface area contributed by atoms with Crippen LogP contribution < -0.4 is 4.74 Å². The van der Waals surface area contributed by atoms with Crippen molar-refractivity contribution < 1.29 is 27.8 Å². The van der Waals surface area contributed by atoms with Crippen molar-refractivity contribution in [1.82, 2.24) is 0 Å². The minimum Gasteiger partial charge on any atom is -0.478 e. The van der Waals surface area contributed by atoms with Crippen LogP contribution in [0.25, 0.3) is 5.03 Å². The van der Waals surface area contributed by atoms with Gasteiger partial charge >= 0.3 is 12.1 Å². The molecule has 0 bridgehead atoms. The molecule has 0 fully saturated rings. The third kappa shape index (κ3) is 2.40. The Kier molecular flexibility index (Phi) is 3.22. The lowest BCUT2D eigenvalue weighted by molar-refractivity contribution is -0.187. The molecule has 0 saturated carbocycles. The van der Waals surface area contributed by atoms with Crippen molar-refractivity contribution in [3.63, 3.8) is 0 Å². The molecule has 1 aromatic rings. The number of carboxylic acid groups (broad SMARTS) is 1. The molecule has 1 aliphatic rings. The lowest BCUT2D eigenvalue weighted by atomic mass is 9.99. The van der Waals surface area contributed by atoms with E-state index in [-0.39, 0.29) is 11.3 Å². The van der Waals surface area contributed by atoms with E-state index in [1.165, 1.54) is 12.1 Å². The molecule has 102 valence electrons. The molecule has 1 aliphatic heterocycles. The van der Waals surface area contributed by atoms with E-state index in [4.69, 9.17) is 21.4 Å². The van der Waals surface area contributed by atoms with Crippen molar-refractivity contribution in [3.05, 3.63) is 34.9 Å². The quantitative estimate of drug-likeness (QED) is 0.863. The van der Waals surface area contributed by atoms with Gasteiger partial charge in [-0.3, -0.25) is 0 Å². The summed E-state index contributed by atoms with van der Waals surface area (Å²) in [6.45, 7) is 1.71. The molecule has 0 saturated heterocycles. The SMILES string of the molecule is Cc1ccc2c(c1)C(Cl)=C(C(=O)O)C(C(F)(F)F)O2. The first-order valence-electron chi connectivity index (χ1n) is 5.19. The molecule has 1 N–H and O–H groups in total. The summed E-state index contributed by atoms with van der Waals surface area (Å²) < 4.78 is 43.2. The summed E-state index contributed by atoms with van der Waals surface area (Å²) in [4.78, 5) is 11.0. The highest BCUT2D eigenvalue weighted by Crippen LogP contribution is 2.43. The van der Waals surface area contributed by atoms with Gasteiger partial charge in [0.05, 0.1) is 5.03 Å². The van der Waals surface area contributed by atoms with E-state index < -0.39 is 28.9 Å². The zero-order valence-corrected chi connectivity index (χ0v) is 10.3. The maximum atomic E-state index is 12.8. The zero-order chi connectivity index (χ0) is 14.4. The Morgan fingerprint density at radius 2 is 2.05 bits per heavy atom. The van der Waals surface area contributed by atoms with Gasteiger partial charge in [0.15, 0.2) is 0 Å². The summed E-state index contributed by atoms with van der Waals surface area (Å²) in [5, 5.41) is 8.47. The summed E-state index contributed by atoms with van der Waals surface area (Å²) >= 11 is 5.80. The van der Waals surface area contributed by atoms with Crippen LogP contribution >= 0.6 is 11.6 Å². The van der Waals surface area contributed by atoms with E-state index >= 15 is 0 Å². The highest BCUT2D eigenvalue weighted by molar-refractivity contribution is 6.51. The van der Waals surface area contributed by atoms with Gasteiger partial charge in [-0.05, 0) is 19.1 Å². The van der Waals surface area contributed by atoms with Crippen LogP contribution in [0.4, 0.5) is 13.2 Å². The number of benzene rings is 1. The van der Waals surface area contributed by atoms with Gasteiger partial charge in [0.25, 0.3) is 0 Å². The smallest absolute Gasteiger partial charge is 0.430 e. The Labute approximate surface area is 111 Å². The molecule has 0 radical (unpaired) electrons. The number of carboxylic acids is 1. The van der Waals surface area contributed by atoms with E-state index in [0.29, 0.717) is 0 Å². The van der Waals surface area contributed by atoms with Crippen molar-refractivity contribution >= 4 is 22.6 Å². The second-order valence-electron chi connectivity index (χ2n) is 4.07. The summed E-state index contributed by atoms with van der Waals surface area (Å²) in [5.41, 5.74) is -0.109. The number of hydrogen-bond acceptors (Lipinski definition) is 2. The van der Waals surface area contributed by atoms with Gasteiger partial charge in [-0.25, -0.2) is 4.79 Å². The molecule has 1 aromatic carbocycles. The van der Waals surface area contributed by atoms with Gasteiger partial charge < -0.3 is 9.84 Å². The van der Waals surface area contributed by atoms with Gasteiger partial charge in [0.2, 0.25) is 6.10 Å². The first kappa shape index (κ1) is 13.7. The van der Waals surface area contributed by atoms with Crippen LogP contribution in [0, 0.1) is 6.92 Å². The van der Waals surface area contributed by atoms with Crippen molar-refractivity contribution in [1.29, 1.82) is 0 Å². The average molecular weight is 293 g/mol. The lowest BCUT2D eigenvalue weighted by Gasteiger charge is -2.28. The molecule has 0 amide bonds. The minimum atomic E-state index is -4.85. The summed E-state index contributed by atoms with van der Waals surface area (Å²) in [6.07, 6.45) is -7.41. The van der Waals surface area contributed by atoms with Crippen LogP contribution in [0.1, 0.15) is 11.1 Å². The van der Waals surface area contributed by atoms with Crippen molar-refractivity contribution in [3.8, 4) is 5.75 Å². The molecular formula is C12H8ClF3O3. The number of rotatable bonds is 1. The molecular weight excluding hydrogens is 285 g/mol. The first-order chi connectivity index (χ1) is 8.71. The van der Waals surface area contributed by atoms with E-state index in [9.17, 15) is 18.0 Å². The normalized spacial score (nSPS) is 18.9.